The lowest BCUT2D eigenvalue weighted by atomic mass is 9.44. The third kappa shape index (κ3) is 8.44. The predicted octanol–water partition coefficient (Wildman–Crippen LogP) is 6.67. The van der Waals surface area contributed by atoms with E-state index in [1.54, 1.807) is 26.8 Å². The molecule has 2 aromatic carbocycles. The number of rotatable bonds is 18. The van der Waals surface area contributed by atoms with Crippen LogP contribution in [0.1, 0.15) is 115 Å². The maximum atomic E-state index is 17.7. The van der Waals surface area contributed by atoms with E-state index in [0.29, 0.717) is 49.7 Å². The number of fused-ring (bicyclic) bond motifs is 7. The Morgan fingerprint density at radius 1 is 0.969 bits per heavy atom. The fraction of sp³-hybridized carbons (Fsp3) is 0.569. The Hall–Kier alpha value is -4.14. The molecule has 1 saturated heterocycles. The maximum absolute atomic E-state index is 17.7. The zero-order valence-electron chi connectivity index (χ0n) is 37.7. The van der Waals surface area contributed by atoms with E-state index in [4.69, 9.17) is 9.47 Å². The van der Waals surface area contributed by atoms with Crippen LogP contribution in [-0.4, -0.2) is 92.7 Å². The minimum absolute atomic E-state index is 0.0454. The summed E-state index contributed by atoms with van der Waals surface area (Å²) in [4.78, 5) is 76.8. The quantitative estimate of drug-likeness (QED) is 0.146. The minimum Gasteiger partial charge on any atom is -0.390 e. The first-order chi connectivity index (χ1) is 30.3. The molecule has 0 aromatic heterocycles. The number of aliphatic hydroxyl groups excluding tert-OH is 2. The normalized spacial score (nSPS) is 32.9. The van der Waals surface area contributed by atoms with Crippen LogP contribution in [0.4, 0.5) is 4.39 Å². The zero-order valence-corrected chi connectivity index (χ0v) is 38.5. The van der Waals surface area contributed by atoms with Crippen molar-refractivity contribution in [2.75, 3.05) is 12.9 Å². The van der Waals surface area contributed by atoms with Gasteiger partial charge in [-0.2, -0.15) is 11.8 Å². The van der Waals surface area contributed by atoms with Gasteiger partial charge in [-0.1, -0.05) is 74.0 Å². The van der Waals surface area contributed by atoms with Gasteiger partial charge in [-0.05, 0) is 100 Å². The molecule has 4 aliphatic carbocycles. The molecule has 1 aliphatic heterocycles. The first-order valence-electron chi connectivity index (χ1n) is 22.7. The van der Waals surface area contributed by atoms with Crippen LogP contribution in [0.3, 0.4) is 0 Å². The number of ketones is 5. The van der Waals surface area contributed by atoms with Crippen molar-refractivity contribution in [2.24, 2.45) is 28.6 Å². The average molecular weight is 900 g/mol. The molecule has 3 saturated carbocycles. The molecule has 5 aliphatic rings. The molecule has 7 rings (SSSR count). The number of halogens is 1. The van der Waals surface area contributed by atoms with Gasteiger partial charge in [-0.3, -0.25) is 28.8 Å². The van der Waals surface area contributed by atoms with Gasteiger partial charge in [0.25, 0.3) is 0 Å². The van der Waals surface area contributed by atoms with E-state index in [1.807, 2.05) is 68.6 Å². The second-order valence-electron chi connectivity index (χ2n) is 19.3. The molecule has 0 spiro atoms. The lowest BCUT2D eigenvalue weighted by Crippen LogP contribution is -2.69. The van der Waals surface area contributed by atoms with Crippen LogP contribution in [0.15, 0.2) is 72.3 Å². The molecule has 1 heterocycles. The Morgan fingerprint density at radius 3 is 2.39 bits per heavy atom. The smallest absolute Gasteiger partial charge is 0.223 e. The highest BCUT2D eigenvalue weighted by Crippen LogP contribution is 2.72. The second-order valence-corrected chi connectivity index (χ2v) is 20.5. The Labute approximate surface area is 379 Å². The number of amides is 1. The van der Waals surface area contributed by atoms with Gasteiger partial charge in [-0.25, -0.2) is 4.39 Å². The van der Waals surface area contributed by atoms with Gasteiger partial charge in [0.2, 0.25) is 5.91 Å². The van der Waals surface area contributed by atoms with E-state index in [0.717, 1.165) is 16.7 Å². The predicted molar refractivity (Wildman–Crippen MR) is 240 cm³/mol. The summed E-state index contributed by atoms with van der Waals surface area (Å²) in [7, 11) is 0. The van der Waals surface area contributed by atoms with Crippen molar-refractivity contribution in [1.29, 1.82) is 0 Å². The molecule has 0 bridgehead atoms. The summed E-state index contributed by atoms with van der Waals surface area (Å²) in [6, 6.07) is 14.5. The number of nitrogens with one attached hydrogen (secondary N) is 1. The van der Waals surface area contributed by atoms with Crippen molar-refractivity contribution in [1.82, 2.24) is 5.32 Å². The monoisotopic (exact) mass is 899 g/mol. The van der Waals surface area contributed by atoms with Crippen LogP contribution in [0, 0.1) is 28.6 Å². The number of alkyl halides is 1. The van der Waals surface area contributed by atoms with Crippen LogP contribution < -0.4 is 5.32 Å². The van der Waals surface area contributed by atoms with Crippen LogP contribution in [0.2, 0.25) is 0 Å². The van der Waals surface area contributed by atoms with Crippen molar-refractivity contribution in [2.45, 2.75) is 140 Å². The summed E-state index contributed by atoms with van der Waals surface area (Å²) in [5.74, 6) is -2.91. The highest BCUT2D eigenvalue weighted by molar-refractivity contribution is 7.99. The molecule has 3 N–H and O–H groups in total. The molecule has 2 aromatic rings. The molecule has 1 unspecified atom stereocenters. The molecule has 12 atom stereocenters. The number of benzene rings is 2. The molecular weight excluding hydrogens is 838 g/mol. The van der Waals surface area contributed by atoms with Crippen molar-refractivity contribution in [3.05, 3.63) is 94.6 Å². The third-order valence-corrected chi connectivity index (χ3v) is 16.4. The third-order valence-electron chi connectivity index (χ3n) is 15.5. The van der Waals surface area contributed by atoms with E-state index in [1.165, 1.54) is 23.9 Å². The van der Waals surface area contributed by atoms with Crippen molar-refractivity contribution < 1.29 is 52.8 Å². The van der Waals surface area contributed by atoms with E-state index in [9.17, 15) is 39.0 Å². The maximum Gasteiger partial charge on any atom is 0.223 e. The Kier molecular flexibility index (Phi) is 13.9. The van der Waals surface area contributed by atoms with Gasteiger partial charge in [0.15, 0.2) is 34.9 Å². The summed E-state index contributed by atoms with van der Waals surface area (Å²) < 4.78 is 31.0. The SMILES string of the molecule is CSC(C)C(=O)CCCC(=O)C[C@@H](C)C(=O)N[C@@H](C)C(=O)Cc1cccc(Cc2ccc([C@@H]3O[C@@H]4C[C@H]5[C@@H]6CCC7=CC(=O)C=C[C@]7(C)[C@@]6(F)[C@@H](O)C[C@]5(C)[C@]4(C(=O)CO)O3)cc2)c1. The summed E-state index contributed by atoms with van der Waals surface area (Å²) >= 11 is 1.48. The Morgan fingerprint density at radius 2 is 1.69 bits per heavy atom. The number of hydrogen-bond acceptors (Lipinski definition) is 11. The van der Waals surface area contributed by atoms with Gasteiger partial charge < -0.3 is 25.0 Å². The van der Waals surface area contributed by atoms with Gasteiger partial charge in [0.1, 0.15) is 18.2 Å². The second kappa shape index (κ2) is 18.6. The number of carbonyl (C=O) groups is 6. The fourth-order valence-corrected chi connectivity index (χ4v) is 12.1. The summed E-state index contributed by atoms with van der Waals surface area (Å²) in [5, 5.41) is 24.8. The van der Waals surface area contributed by atoms with E-state index in [2.05, 4.69) is 5.32 Å². The Bertz CT molecular complexity index is 2240. The fourth-order valence-electron chi connectivity index (χ4n) is 11.7. The first-order valence-corrected chi connectivity index (χ1v) is 24.0. The zero-order chi connectivity index (χ0) is 46.4. The minimum atomic E-state index is -2.08. The lowest BCUT2D eigenvalue weighted by molar-refractivity contribution is -0.231. The summed E-state index contributed by atoms with van der Waals surface area (Å²) in [6.45, 7) is 7.96. The largest absolute Gasteiger partial charge is 0.390 e. The topological polar surface area (TPSA) is 173 Å². The summed E-state index contributed by atoms with van der Waals surface area (Å²) in [6.07, 6.45) is 5.98. The van der Waals surface area contributed by atoms with Crippen LogP contribution >= 0.6 is 11.8 Å². The molecule has 64 heavy (non-hydrogen) atoms. The van der Waals surface area contributed by atoms with E-state index >= 15 is 4.39 Å². The highest BCUT2D eigenvalue weighted by atomic mass is 32.2. The van der Waals surface area contributed by atoms with E-state index < -0.39 is 76.8 Å². The molecule has 344 valence electrons. The lowest BCUT2D eigenvalue weighted by Gasteiger charge is -2.62. The van der Waals surface area contributed by atoms with Crippen LogP contribution in [-0.2, 0) is 51.1 Å². The summed E-state index contributed by atoms with van der Waals surface area (Å²) in [5.41, 5.74) is -1.86. The number of aliphatic hydroxyl groups is 2. The number of carbonyl (C=O) groups excluding carboxylic acids is 6. The molecule has 4 fully saturated rings. The number of ether oxygens (including phenoxy) is 2. The standard InChI is InChI=1S/C51H62FNO10S/c1-29(21-37(55)11-8-12-41(57)31(3)64-6)46(61)53-30(2)42(58)24-34-10-7-9-33(23-34)22-32-13-15-35(16-14-32)47-62-45-26-40-39-18-17-36-25-38(56)19-20-48(36,4)50(39,52)43(59)27-49(40,5)51(45,63-47)44(60)28-54/h7,9-10,13-16,19-20,23,25,29-31,39-40,43,45,47,54,59H,8,11-12,17-18,21-22,24,26-28H2,1-6H3,(H,53,61)/t29-,30+,31?,39+,40+,43+,45-,47-,48+,49+,50+,51-/m1/s1. The molecule has 0 radical (unpaired) electrons. The van der Waals surface area contributed by atoms with E-state index in [-0.39, 0.29) is 60.0 Å². The van der Waals surface area contributed by atoms with Crippen LogP contribution in [0.5, 0.6) is 0 Å². The van der Waals surface area contributed by atoms with Crippen molar-refractivity contribution in [3.8, 4) is 0 Å². The van der Waals surface area contributed by atoms with Crippen LogP contribution in [0.25, 0.3) is 0 Å². The van der Waals surface area contributed by atoms with Gasteiger partial charge in [0, 0.05) is 53.9 Å². The molecule has 1 amide bonds. The number of allylic oxidation sites excluding steroid dienone is 4. The number of thioether (sulfide) groups is 1. The van der Waals surface area contributed by atoms with Crippen molar-refractivity contribution in [3.63, 3.8) is 0 Å². The van der Waals surface area contributed by atoms with Crippen molar-refractivity contribution >= 4 is 46.6 Å². The van der Waals surface area contributed by atoms with Gasteiger partial charge in [0.05, 0.1) is 23.5 Å². The number of Topliss-reactive ketones (excluding diaryl/α,β-unsaturated/α-hetero) is 4. The Balaban J connectivity index is 0.956. The first kappa shape index (κ1) is 47.8. The molecule has 11 nitrogen and oxygen atoms in total. The number of hydrogen-bond donors (Lipinski definition) is 3. The highest BCUT2D eigenvalue weighted by Gasteiger charge is 2.79. The van der Waals surface area contributed by atoms with Gasteiger partial charge in [-0.15, -0.1) is 0 Å². The average Bonchev–Trinajstić information content (AvgIpc) is 3.76. The van der Waals surface area contributed by atoms with Gasteiger partial charge >= 0.3 is 0 Å². The molecule has 13 heteroatoms. The molecular formula is C51H62FNO10S.